The van der Waals surface area contributed by atoms with Crippen molar-refractivity contribution in [1.82, 2.24) is 0 Å². The van der Waals surface area contributed by atoms with E-state index in [1.54, 1.807) is 12.2 Å². The van der Waals surface area contributed by atoms with Gasteiger partial charge in [-0.2, -0.15) is 0 Å². The first-order chi connectivity index (χ1) is 8.52. The van der Waals surface area contributed by atoms with Gasteiger partial charge in [-0.3, -0.25) is 4.79 Å². The maximum Gasteiger partial charge on any atom is 0.328 e. The third kappa shape index (κ3) is 11.6. The molecule has 0 fully saturated rings. The number of carboxylic acid groups (broad SMARTS) is 2. The zero-order valence-electron chi connectivity index (χ0n) is 9.65. The first-order valence-corrected chi connectivity index (χ1v) is 5.16. The van der Waals surface area contributed by atoms with Crippen LogP contribution in [0.25, 0.3) is 0 Å². The Morgan fingerprint density at radius 3 is 1.44 bits per heavy atom. The van der Waals surface area contributed by atoms with Gasteiger partial charge in [-0.05, 0) is 0 Å². The van der Waals surface area contributed by atoms with Crippen molar-refractivity contribution in [3.8, 4) is 0 Å². The molecule has 18 heavy (non-hydrogen) atoms. The second kappa shape index (κ2) is 9.77. The fourth-order valence-electron chi connectivity index (χ4n) is 0.915. The molecule has 0 rings (SSSR count). The minimum absolute atomic E-state index is 0.0463. The molecule has 0 saturated carbocycles. The molecule has 0 aromatic carbocycles. The molecule has 0 aliphatic heterocycles. The van der Waals surface area contributed by atoms with E-state index in [2.05, 4.69) is 0 Å². The normalized spacial score (nSPS) is 12.0. The number of carbonyl (C=O) groups excluding carboxylic acids is 1. The zero-order chi connectivity index (χ0) is 13.8. The predicted octanol–water partition coefficient (Wildman–Crippen LogP) is 1.73. The first kappa shape index (κ1) is 15.6. The van der Waals surface area contributed by atoms with Crippen LogP contribution in [-0.4, -0.2) is 27.9 Å². The van der Waals surface area contributed by atoms with Crippen molar-refractivity contribution in [3.63, 3.8) is 0 Å². The monoisotopic (exact) mass is 250 g/mol. The molecule has 2 N–H and O–H groups in total. The molecule has 0 unspecified atom stereocenters. The smallest absolute Gasteiger partial charge is 0.328 e. The second-order valence-electron chi connectivity index (χ2n) is 3.20. The molecule has 0 aliphatic rings. The number of hydrogen-bond donors (Lipinski definition) is 2. The van der Waals surface area contributed by atoms with E-state index in [0.29, 0.717) is 0 Å². The summed E-state index contributed by atoms with van der Waals surface area (Å²) in [5, 5.41) is 16.6. The summed E-state index contributed by atoms with van der Waals surface area (Å²) in [6.07, 6.45) is 11.1. The van der Waals surface area contributed by atoms with Crippen LogP contribution in [0, 0.1) is 0 Å². The van der Waals surface area contributed by atoms with Gasteiger partial charge in [0.15, 0.2) is 0 Å². The van der Waals surface area contributed by atoms with E-state index in [0.717, 1.165) is 12.2 Å². The van der Waals surface area contributed by atoms with E-state index in [-0.39, 0.29) is 18.6 Å². The SMILES string of the molecule is O=C(O)C=CC=CCC(=O)CC=CC=CC(=O)O. The van der Waals surface area contributed by atoms with Gasteiger partial charge < -0.3 is 10.2 Å². The largest absolute Gasteiger partial charge is 0.478 e. The molecular formula is C13H14O5. The van der Waals surface area contributed by atoms with Gasteiger partial charge in [0, 0.05) is 25.0 Å². The number of ketones is 1. The van der Waals surface area contributed by atoms with Crippen LogP contribution in [0.5, 0.6) is 0 Å². The van der Waals surface area contributed by atoms with Crippen LogP contribution in [0.15, 0.2) is 48.6 Å². The summed E-state index contributed by atoms with van der Waals surface area (Å²) in [6, 6.07) is 0. The third-order valence-corrected chi connectivity index (χ3v) is 1.66. The van der Waals surface area contributed by atoms with Crippen molar-refractivity contribution in [2.24, 2.45) is 0 Å². The van der Waals surface area contributed by atoms with Crippen LogP contribution in [0.2, 0.25) is 0 Å². The fraction of sp³-hybridized carbons (Fsp3) is 0.154. The van der Waals surface area contributed by atoms with E-state index in [9.17, 15) is 14.4 Å². The van der Waals surface area contributed by atoms with Crippen molar-refractivity contribution in [2.75, 3.05) is 0 Å². The molecule has 0 amide bonds. The number of aliphatic carboxylic acids is 2. The molecule has 5 heteroatoms. The summed E-state index contributed by atoms with van der Waals surface area (Å²) >= 11 is 0. The summed E-state index contributed by atoms with van der Waals surface area (Å²) in [5.41, 5.74) is 0. The van der Waals surface area contributed by atoms with Crippen molar-refractivity contribution in [2.45, 2.75) is 12.8 Å². The topological polar surface area (TPSA) is 91.7 Å². The van der Waals surface area contributed by atoms with E-state index in [1.165, 1.54) is 24.3 Å². The van der Waals surface area contributed by atoms with Gasteiger partial charge in [-0.25, -0.2) is 9.59 Å². The highest BCUT2D eigenvalue weighted by Gasteiger charge is 1.93. The van der Waals surface area contributed by atoms with Gasteiger partial charge in [-0.15, -0.1) is 0 Å². The van der Waals surface area contributed by atoms with Gasteiger partial charge in [0.25, 0.3) is 0 Å². The Kier molecular flexibility index (Phi) is 8.45. The van der Waals surface area contributed by atoms with Crippen LogP contribution in [-0.2, 0) is 14.4 Å². The molecule has 0 bridgehead atoms. The van der Waals surface area contributed by atoms with Crippen molar-refractivity contribution in [1.29, 1.82) is 0 Å². The quantitative estimate of drug-likeness (QED) is 0.505. The number of allylic oxidation sites excluding steroid dienone is 6. The Hall–Kier alpha value is -2.43. The molecule has 0 aromatic rings. The molecule has 0 saturated heterocycles. The maximum absolute atomic E-state index is 11.3. The highest BCUT2D eigenvalue weighted by molar-refractivity contribution is 5.82. The molecule has 0 heterocycles. The van der Waals surface area contributed by atoms with Crippen molar-refractivity contribution < 1.29 is 24.6 Å². The van der Waals surface area contributed by atoms with Gasteiger partial charge in [0.1, 0.15) is 5.78 Å². The Labute approximate surface area is 104 Å². The van der Waals surface area contributed by atoms with Crippen LogP contribution in [0.1, 0.15) is 12.8 Å². The van der Waals surface area contributed by atoms with Crippen molar-refractivity contribution in [3.05, 3.63) is 48.6 Å². The van der Waals surface area contributed by atoms with Crippen LogP contribution >= 0.6 is 0 Å². The lowest BCUT2D eigenvalue weighted by Crippen LogP contribution is -1.92. The van der Waals surface area contributed by atoms with Gasteiger partial charge >= 0.3 is 11.9 Å². The van der Waals surface area contributed by atoms with Crippen molar-refractivity contribution >= 4 is 17.7 Å². The number of carboxylic acids is 2. The first-order valence-electron chi connectivity index (χ1n) is 5.16. The predicted molar refractivity (Wildman–Crippen MR) is 66.1 cm³/mol. The third-order valence-electron chi connectivity index (χ3n) is 1.66. The molecule has 0 aromatic heterocycles. The minimum Gasteiger partial charge on any atom is -0.478 e. The summed E-state index contributed by atoms with van der Waals surface area (Å²) in [6.45, 7) is 0. The van der Waals surface area contributed by atoms with E-state index >= 15 is 0 Å². The maximum atomic E-state index is 11.3. The average Bonchev–Trinajstić information content (AvgIpc) is 2.27. The van der Waals surface area contributed by atoms with Gasteiger partial charge in [-0.1, -0.05) is 36.5 Å². The zero-order valence-corrected chi connectivity index (χ0v) is 9.65. The lowest BCUT2D eigenvalue weighted by Gasteiger charge is -1.88. The summed E-state index contributed by atoms with van der Waals surface area (Å²) in [4.78, 5) is 31.5. The molecule has 5 nitrogen and oxygen atoms in total. The average molecular weight is 250 g/mol. The molecule has 0 spiro atoms. The molecular weight excluding hydrogens is 236 g/mol. The van der Waals surface area contributed by atoms with E-state index < -0.39 is 11.9 Å². The highest BCUT2D eigenvalue weighted by atomic mass is 16.4. The molecule has 96 valence electrons. The van der Waals surface area contributed by atoms with Gasteiger partial charge in [0.05, 0.1) is 0 Å². The number of Topliss-reactive ketones (excluding diaryl/α,β-unsaturated/α-hetero) is 1. The van der Waals surface area contributed by atoms with Gasteiger partial charge in [0.2, 0.25) is 0 Å². The number of rotatable bonds is 8. The summed E-state index contributed by atoms with van der Waals surface area (Å²) in [5.74, 6) is -2.13. The van der Waals surface area contributed by atoms with E-state index in [1.807, 2.05) is 0 Å². The Morgan fingerprint density at radius 1 is 0.722 bits per heavy atom. The lowest BCUT2D eigenvalue weighted by atomic mass is 10.2. The molecule has 0 aliphatic carbocycles. The Balaban J connectivity index is 3.85. The minimum atomic E-state index is -1.04. The molecule has 0 radical (unpaired) electrons. The molecule has 0 atom stereocenters. The number of carbonyl (C=O) groups is 3. The second-order valence-corrected chi connectivity index (χ2v) is 3.20. The van der Waals surface area contributed by atoms with Crippen LogP contribution in [0.4, 0.5) is 0 Å². The summed E-state index contributed by atoms with van der Waals surface area (Å²) in [7, 11) is 0. The fourth-order valence-corrected chi connectivity index (χ4v) is 0.915. The lowest BCUT2D eigenvalue weighted by molar-refractivity contribution is -0.132. The van der Waals surface area contributed by atoms with Crippen LogP contribution < -0.4 is 0 Å². The highest BCUT2D eigenvalue weighted by Crippen LogP contribution is 1.94. The van der Waals surface area contributed by atoms with E-state index in [4.69, 9.17) is 10.2 Å². The standard InChI is InChI=1S/C13H14O5/c14-11(7-3-1-5-9-12(15)16)8-4-2-6-10-13(17)18/h1-6,9-10H,7-8H2,(H,15,16)(H,17,18). The summed E-state index contributed by atoms with van der Waals surface area (Å²) < 4.78 is 0. The number of hydrogen-bond acceptors (Lipinski definition) is 3. The Bertz CT molecular complexity index is 375. The van der Waals surface area contributed by atoms with Crippen LogP contribution in [0.3, 0.4) is 0 Å². The Morgan fingerprint density at radius 2 is 1.11 bits per heavy atom.